The fourth-order valence-electron chi connectivity index (χ4n) is 2.07. The molecular weight excluding hydrogens is 188 g/mol. The molecule has 1 fully saturated rings. The van der Waals surface area contributed by atoms with Crippen molar-refractivity contribution in [3.05, 3.63) is 0 Å². The van der Waals surface area contributed by atoms with Gasteiger partial charge >= 0.3 is 0 Å². The molecule has 0 saturated carbocycles. The Bertz CT molecular complexity index is 218. The van der Waals surface area contributed by atoms with Gasteiger partial charge in [-0.05, 0) is 19.3 Å². The van der Waals surface area contributed by atoms with Gasteiger partial charge in [-0.25, -0.2) is 0 Å². The third-order valence-electron chi connectivity index (χ3n) is 3.63. The Morgan fingerprint density at radius 2 is 2.20 bits per heavy atom. The van der Waals surface area contributed by atoms with E-state index in [0.717, 1.165) is 19.5 Å². The second-order valence-corrected chi connectivity index (χ2v) is 4.79. The van der Waals surface area contributed by atoms with Gasteiger partial charge in [-0.3, -0.25) is 4.79 Å². The Balaban J connectivity index is 2.32. The van der Waals surface area contributed by atoms with E-state index in [-0.39, 0.29) is 5.91 Å². The van der Waals surface area contributed by atoms with Gasteiger partial charge in [0.2, 0.25) is 5.91 Å². The number of carbonyl (C=O) groups excluding carboxylic acids is 1. The van der Waals surface area contributed by atoms with Crippen molar-refractivity contribution in [1.82, 2.24) is 10.2 Å². The maximum absolute atomic E-state index is 11.2. The first-order valence-corrected chi connectivity index (χ1v) is 6.06. The van der Waals surface area contributed by atoms with E-state index in [0.29, 0.717) is 18.0 Å². The fraction of sp³-hybridized carbons (Fsp3) is 0.917. The highest BCUT2D eigenvalue weighted by atomic mass is 16.2. The molecule has 0 aromatic heterocycles. The quantitative estimate of drug-likeness (QED) is 0.768. The molecule has 0 aromatic rings. The molecule has 0 aliphatic carbocycles. The first-order valence-electron chi connectivity index (χ1n) is 6.06. The predicted octanol–water partition coefficient (Wildman–Crippen LogP) is 1.63. The van der Waals surface area contributed by atoms with Gasteiger partial charge < -0.3 is 10.2 Å². The number of rotatable bonds is 4. The molecule has 0 radical (unpaired) electrons. The van der Waals surface area contributed by atoms with E-state index in [1.165, 1.54) is 6.42 Å². The first kappa shape index (κ1) is 12.5. The predicted molar refractivity (Wildman–Crippen MR) is 62.7 cm³/mol. The van der Waals surface area contributed by atoms with Crippen molar-refractivity contribution in [3.8, 4) is 0 Å². The van der Waals surface area contributed by atoms with E-state index in [1.807, 2.05) is 4.90 Å². The normalized spacial score (nSPS) is 25.3. The van der Waals surface area contributed by atoms with Crippen molar-refractivity contribution in [1.29, 1.82) is 0 Å². The number of hydrogen-bond donors (Lipinski definition) is 1. The van der Waals surface area contributed by atoms with Crippen LogP contribution in [-0.4, -0.2) is 36.0 Å². The zero-order valence-electron chi connectivity index (χ0n) is 10.4. The maximum Gasteiger partial charge on any atom is 0.219 e. The minimum Gasteiger partial charge on any atom is -0.341 e. The first-order chi connectivity index (χ1) is 7.04. The van der Waals surface area contributed by atoms with Crippen LogP contribution in [0.25, 0.3) is 0 Å². The number of hydrogen-bond acceptors (Lipinski definition) is 2. The van der Waals surface area contributed by atoms with Crippen molar-refractivity contribution in [2.75, 3.05) is 13.1 Å². The summed E-state index contributed by atoms with van der Waals surface area (Å²) >= 11 is 0. The molecule has 1 amide bonds. The van der Waals surface area contributed by atoms with Crippen LogP contribution < -0.4 is 5.32 Å². The molecule has 3 atom stereocenters. The van der Waals surface area contributed by atoms with Gasteiger partial charge in [0.25, 0.3) is 0 Å². The molecule has 3 nitrogen and oxygen atoms in total. The van der Waals surface area contributed by atoms with E-state index >= 15 is 0 Å². The molecule has 0 spiro atoms. The highest BCUT2D eigenvalue weighted by Gasteiger charge is 2.25. The summed E-state index contributed by atoms with van der Waals surface area (Å²) in [7, 11) is 0. The summed E-state index contributed by atoms with van der Waals surface area (Å²) in [6.45, 7) is 10.2. The lowest BCUT2D eigenvalue weighted by Gasteiger charge is -2.24. The lowest BCUT2D eigenvalue weighted by atomic mass is 10.00. The Morgan fingerprint density at radius 1 is 1.53 bits per heavy atom. The third-order valence-corrected chi connectivity index (χ3v) is 3.63. The summed E-state index contributed by atoms with van der Waals surface area (Å²) in [4.78, 5) is 13.1. The van der Waals surface area contributed by atoms with Crippen LogP contribution >= 0.6 is 0 Å². The molecule has 3 heteroatoms. The molecule has 1 heterocycles. The Morgan fingerprint density at radius 3 is 2.67 bits per heavy atom. The van der Waals surface area contributed by atoms with Gasteiger partial charge in [0.05, 0.1) is 0 Å². The molecule has 0 bridgehead atoms. The summed E-state index contributed by atoms with van der Waals surface area (Å²) in [6, 6.07) is 1.05. The van der Waals surface area contributed by atoms with Gasteiger partial charge in [0.15, 0.2) is 0 Å². The summed E-state index contributed by atoms with van der Waals surface area (Å²) in [5.41, 5.74) is 0. The number of nitrogens with one attached hydrogen (secondary N) is 1. The minimum absolute atomic E-state index is 0.204. The van der Waals surface area contributed by atoms with Gasteiger partial charge in [0.1, 0.15) is 0 Å². The van der Waals surface area contributed by atoms with Gasteiger partial charge in [-0.1, -0.05) is 20.3 Å². The van der Waals surface area contributed by atoms with Crippen LogP contribution in [0.1, 0.15) is 40.5 Å². The van der Waals surface area contributed by atoms with Crippen LogP contribution in [0.15, 0.2) is 0 Å². The van der Waals surface area contributed by atoms with Crippen molar-refractivity contribution < 1.29 is 4.79 Å². The SMILES string of the molecule is CCC(C)C(C)NC1CCN(C(C)=O)C1. The average Bonchev–Trinajstić information content (AvgIpc) is 2.65. The molecule has 1 rings (SSSR count). The summed E-state index contributed by atoms with van der Waals surface area (Å²) in [5, 5.41) is 3.62. The standard InChI is InChI=1S/C12H24N2O/c1-5-9(2)10(3)13-12-6-7-14(8-12)11(4)15/h9-10,12-13H,5-8H2,1-4H3. The van der Waals surface area contributed by atoms with Gasteiger partial charge in [-0.15, -0.1) is 0 Å². The molecular formula is C12H24N2O. The second kappa shape index (κ2) is 5.50. The number of carbonyl (C=O) groups is 1. The van der Waals surface area contributed by atoms with Crippen LogP contribution in [0, 0.1) is 5.92 Å². The minimum atomic E-state index is 0.204. The van der Waals surface area contributed by atoms with E-state index in [2.05, 4.69) is 26.1 Å². The molecule has 1 aliphatic rings. The molecule has 1 aliphatic heterocycles. The van der Waals surface area contributed by atoms with E-state index in [9.17, 15) is 4.79 Å². The van der Waals surface area contributed by atoms with Crippen LogP contribution in [-0.2, 0) is 4.79 Å². The molecule has 0 aromatic carbocycles. The maximum atomic E-state index is 11.2. The van der Waals surface area contributed by atoms with Crippen LogP contribution in [0.5, 0.6) is 0 Å². The van der Waals surface area contributed by atoms with Crippen molar-refractivity contribution in [3.63, 3.8) is 0 Å². The Hall–Kier alpha value is -0.570. The molecule has 1 saturated heterocycles. The van der Waals surface area contributed by atoms with Crippen molar-refractivity contribution in [2.45, 2.75) is 52.6 Å². The molecule has 15 heavy (non-hydrogen) atoms. The summed E-state index contributed by atoms with van der Waals surface area (Å²) < 4.78 is 0. The second-order valence-electron chi connectivity index (χ2n) is 4.79. The van der Waals surface area contributed by atoms with E-state index in [1.54, 1.807) is 6.92 Å². The van der Waals surface area contributed by atoms with Gasteiger partial charge in [-0.2, -0.15) is 0 Å². The lowest BCUT2D eigenvalue weighted by Crippen LogP contribution is -2.42. The summed E-state index contributed by atoms with van der Waals surface area (Å²) in [6.07, 6.45) is 2.30. The van der Waals surface area contributed by atoms with Crippen molar-refractivity contribution in [2.24, 2.45) is 5.92 Å². The third kappa shape index (κ3) is 3.49. The Kier molecular flexibility index (Phi) is 4.58. The monoisotopic (exact) mass is 212 g/mol. The molecule has 88 valence electrons. The van der Waals surface area contributed by atoms with Crippen LogP contribution in [0.3, 0.4) is 0 Å². The highest BCUT2D eigenvalue weighted by molar-refractivity contribution is 5.73. The zero-order valence-corrected chi connectivity index (χ0v) is 10.4. The number of likely N-dealkylation sites (tertiary alicyclic amines) is 1. The topological polar surface area (TPSA) is 32.3 Å². The Labute approximate surface area is 93.2 Å². The molecule has 3 unspecified atom stereocenters. The smallest absolute Gasteiger partial charge is 0.219 e. The van der Waals surface area contributed by atoms with Gasteiger partial charge in [0, 0.05) is 32.1 Å². The largest absolute Gasteiger partial charge is 0.341 e. The zero-order chi connectivity index (χ0) is 11.4. The average molecular weight is 212 g/mol. The van der Waals surface area contributed by atoms with Crippen LogP contribution in [0.4, 0.5) is 0 Å². The molecule has 1 N–H and O–H groups in total. The highest BCUT2D eigenvalue weighted by Crippen LogP contribution is 2.13. The van der Waals surface area contributed by atoms with Crippen molar-refractivity contribution >= 4 is 5.91 Å². The summed E-state index contributed by atoms with van der Waals surface area (Å²) in [5.74, 6) is 0.909. The fourth-order valence-corrected chi connectivity index (χ4v) is 2.07. The van der Waals surface area contributed by atoms with Crippen LogP contribution in [0.2, 0.25) is 0 Å². The van der Waals surface area contributed by atoms with E-state index in [4.69, 9.17) is 0 Å². The lowest BCUT2D eigenvalue weighted by molar-refractivity contribution is -0.127. The number of amides is 1. The number of nitrogens with zero attached hydrogens (tertiary/aromatic N) is 1. The van der Waals surface area contributed by atoms with E-state index < -0.39 is 0 Å².